The fourth-order valence-corrected chi connectivity index (χ4v) is 2.62. The minimum Gasteiger partial charge on any atom is -0.354 e. The van der Waals surface area contributed by atoms with Gasteiger partial charge in [0.2, 0.25) is 11.8 Å². The molecule has 2 rings (SSSR count). The molecule has 0 spiro atoms. The van der Waals surface area contributed by atoms with Crippen LogP contribution in [-0.4, -0.2) is 30.2 Å². The molecule has 5 heteroatoms. The van der Waals surface area contributed by atoms with Crippen LogP contribution < -0.4 is 10.6 Å². The topological polar surface area (TPSA) is 58.2 Å². The monoisotopic (exact) mass is 278 g/mol. The highest BCUT2D eigenvalue weighted by Crippen LogP contribution is 2.18. The summed E-state index contributed by atoms with van der Waals surface area (Å²) in [6.07, 6.45) is 1.23. The molecular formula is C14H18N2O2S. The summed E-state index contributed by atoms with van der Waals surface area (Å²) < 4.78 is 0. The Hall–Kier alpha value is -1.49. The summed E-state index contributed by atoms with van der Waals surface area (Å²) in [7, 11) is 0. The van der Waals surface area contributed by atoms with Crippen LogP contribution in [0.15, 0.2) is 29.2 Å². The fraction of sp³-hybridized carbons (Fsp3) is 0.429. The molecule has 2 amide bonds. The van der Waals surface area contributed by atoms with E-state index in [1.54, 1.807) is 0 Å². The van der Waals surface area contributed by atoms with Crippen LogP contribution in [0.5, 0.6) is 0 Å². The van der Waals surface area contributed by atoms with Crippen molar-refractivity contribution in [2.45, 2.75) is 30.7 Å². The number of amides is 2. The molecule has 4 nitrogen and oxygen atoms in total. The summed E-state index contributed by atoms with van der Waals surface area (Å²) in [6.45, 7) is 2.58. The van der Waals surface area contributed by atoms with Crippen molar-refractivity contribution in [2.24, 2.45) is 0 Å². The predicted molar refractivity (Wildman–Crippen MR) is 76.1 cm³/mol. The van der Waals surface area contributed by atoms with E-state index in [9.17, 15) is 9.59 Å². The maximum atomic E-state index is 11.8. The summed E-state index contributed by atoms with van der Waals surface area (Å²) in [5.41, 5.74) is 1.21. The molecule has 1 unspecified atom stereocenters. The maximum absolute atomic E-state index is 11.8. The summed E-state index contributed by atoms with van der Waals surface area (Å²) >= 11 is 1.53. The smallest absolute Gasteiger partial charge is 0.230 e. The molecule has 1 aliphatic rings. The number of thioether (sulfide) groups is 1. The van der Waals surface area contributed by atoms with E-state index in [0.717, 1.165) is 11.3 Å². The minimum atomic E-state index is 0.0201. The average Bonchev–Trinajstić information content (AvgIpc) is 2.41. The number of nitrogens with one attached hydrogen (secondary N) is 2. The van der Waals surface area contributed by atoms with Gasteiger partial charge in [0.05, 0.1) is 5.75 Å². The Morgan fingerprint density at radius 1 is 1.42 bits per heavy atom. The Balaban J connectivity index is 1.72. The number of aryl methyl sites for hydroxylation is 1. The Morgan fingerprint density at radius 2 is 2.16 bits per heavy atom. The second-order valence-electron chi connectivity index (χ2n) is 4.71. The van der Waals surface area contributed by atoms with Crippen LogP contribution in [0.1, 0.15) is 18.4 Å². The Kier molecular flexibility index (Phi) is 4.85. The van der Waals surface area contributed by atoms with Crippen LogP contribution >= 0.6 is 11.8 Å². The zero-order valence-electron chi connectivity index (χ0n) is 10.9. The quantitative estimate of drug-likeness (QED) is 0.820. The second kappa shape index (κ2) is 6.61. The number of carbonyl (C=O) groups is 2. The van der Waals surface area contributed by atoms with Gasteiger partial charge in [-0.2, -0.15) is 0 Å². The first kappa shape index (κ1) is 13.9. The molecule has 1 aromatic carbocycles. The SMILES string of the molecule is Cc1ccc(SCC(=O)NC2CCC(=O)NC2)cc1. The van der Waals surface area contributed by atoms with Gasteiger partial charge in [0.1, 0.15) is 0 Å². The lowest BCUT2D eigenvalue weighted by Gasteiger charge is -2.23. The van der Waals surface area contributed by atoms with Crippen LogP contribution in [0, 0.1) is 6.92 Å². The molecule has 0 bridgehead atoms. The second-order valence-corrected chi connectivity index (χ2v) is 5.76. The van der Waals surface area contributed by atoms with Gasteiger partial charge in [0.15, 0.2) is 0 Å². The van der Waals surface area contributed by atoms with Gasteiger partial charge >= 0.3 is 0 Å². The van der Waals surface area contributed by atoms with E-state index in [-0.39, 0.29) is 17.9 Å². The molecule has 1 heterocycles. The lowest BCUT2D eigenvalue weighted by Crippen LogP contribution is -2.48. The number of carbonyl (C=O) groups excluding carboxylic acids is 2. The molecule has 1 atom stereocenters. The first-order valence-electron chi connectivity index (χ1n) is 6.39. The standard InChI is InChI=1S/C14H18N2O2S/c1-10-2-5-12(6-3-10)19-9-14(18)16-11-4-7-13(17)15-8-11/h2-3,5-6,11H,4,7-9H2,1H3,(H,15,17)(H,16,18). The summed E-state index contributed by atoms with van der Waals surface area (Å²) in [6, 6.07) is 8.19. The van der Waals surface area contributed by atoms with Gasteiger partial charge in [0, 0.05) is 23.9 Å². The van der Waals surface area contributed by atoms with Gasteiger partial charge < -0.3 is 10.6 Å². The Bertz CT molecular complexity index is 449. The highest BCUT2D eigenvalue weighted by atomic mass is 32.2. The normalized spacial score (nSPS) is 18.8. The van der Waals surface area contributed by atoms with Gasteiger partial charge in [-0.25, -0.2) is 0 Å². The highest BCUT2D eigenvalue weighted by Gasteiger charge is 2.19. The summed E-state index contributed by atoms with van der Waals surface area (Å²) in [5, 5.41) is 5.70. The van der Waals surface area contributed by atoms with Crippen molar-refractivity contribution < 1.29 is 9.59 Å². The van der Waals surface area contributed by atoms with Crippen molar-refractivity contribution >= 4 is 23.6 Å². The van der Waals surface area contributed by atoms with E-state index < -0.39 is 0 Å². The van der Waals surface area contributed by atoms with E-state index >= 15 is 0 Å². The van der Waals surface area contributed by atoms with Gasteiger partial charge in [0.25, 0.3) is 0 Å². The first-order valence-corrected chi connectivity index (χ1v) is 7.37. The average molecular weight is 278 g/mol. The van der Waals surface area contributed by atoms with E-state index in [2.05, 4.69) is 10.6 Å². The van der Waals surface area contributed by atoms with Crippen LogP contribution in [0.25, 0.3) is 0 Å². The molecule has 0 saturated carbocycles. The maximum Gasteiger partial charge on any atom is 0.230 e. The molecule has 1 fully saturated rings. The zero-order chi connectivity index (χ0) is 13.7. The molecular weight excluding hydrogens is 260 g/mol. The van der Waals surface area contributed by atoms with Crippen molar-refractivity contribution in [3.05, 3.63) is 29.8 Å². The van der Waals surface area contributed by atoms with Gasteiger partial charge in [-0.05, 0) is 25.5 Å². The Morgan fingerprint density at radius 3 is 2.79 bits per heavy atom. The van der Waals surface area contributed by atoms with E-state index in [4.69, 9.17) is 0 Å². The number of piperidine rings is 1. The molecule has 1 aromatic rings. The summed E-state index contributed by atoms with van der Waals surface area (Å²) in [5.74, 6) is 0.499. The number of hydrogen-bond donors (Lipinski definition) is 2. The van der Waals surface area contributed by atoms with Crippen molar-refractivity contribution in [1.82, 2.24) is 10.6 Å². The first-order chi connectivity index (χ1) is 9.13. The molecule has 19 heavy (non-hydrogen) atoms. The van der Waals surface area contributed by atoms with E-state index in [1.165, 1.54) is 17.3 Å². The third kappa shape index (κ3) is 4.59. The fourth-order valence-electron chi connectivity index (χ4n) is 1.91. The molecule has 1 saturated heterocycles. The highest BCUT2D eigenvalue weighted by molar-refractivity contribution is 8.00. The molecule has 1 aliphatic heterocycles. The van der Waals surface area contributed by atoms with Crippen molar-refractivity contribution in [1.29, 1.82) is 0 Å². The molecule has 0 aromatic heterocycles. The van der Waals surface area contributed by atoms with E-state index in [0.29, 0.717) is 18.7 Å². The molecule has 0 radical (unpaired) electrons. The van der Waals surface area contributed by atoms with Crippen LogP contribution in [0.4, 0.5) is 0 Å². The third-order valence-electron chi connectivity index (χ3n) is 3.02. The van der Waals surface area contributed by atoms with Crippen LogP contribution in [-0.2, 0) is 9.59 Å². The van der Waals surface area contributed by atoms with Crippen LogP contribution in [0.3, 0.4) is 0 Å². The van der Waals surface area contributed by atoms with Crippen molar-refractivity contribution in [3.63, 3.8) is 0 Å². The zero-order valence-corrected chi connectivity index (χ0v) is 11.8. The van der Waals surface area contributed by atoms with Gasteiger partial charge in [-0.3, -0.25) is 9.59 Å². The van der Waals surface area contributed by atoms with Crippen molar-refractivity contribution in [2.75, 3.05) is 12.3 Å². The largest absolute Gasteiger partial charge is 0.354 e. The number of rotatable bonds is 4. The molecule has 102 valence electrons. The number of hydrogen-bond acceptors (Lipinski definition) is 3. The molecule has 0 aliphatic carbocycles. The summed E-state index contributed by atoms with van der Waals surface area (Å²) in [4.78, 5) is 23.9. The Labute approximate surface area is 117 Å². The minimum absolute atomic E-state index is 0.0201. The lowest BCUT2D eigenvalue weighted by molar-refractivity contribution is -0.124. The lowest BCUT2D eigenvalue weighted by atomic mass is 10.1. The third-order valence-corrected chi connectivity index (χ3v) is 4.03. The number of benzene rings is 1. The predicted octanol–water partition coefficient (Wildman–Crippen LogP) is 1.48. The van der Waals surface area contributed by atoms with Crippen molar-refractivity contribution in [3.8, 4) is 0 Å². The van der Waals surface area contributed by atoms with Gasteiger partial charge in [-0.15, -0.1) is 11.8 Å². The van der Waals surface area contributed by atoms with Gasteiger partial charge in [-0.1, -0.05) is 17.7 Å². The van der Waals surface area contributed by atoms with Crippen LogP contribution in [0.2, 0.25) is 0 Å². The van der Waals surface area contributed by atoms with E-state index in [1.807, 2.05) is 31.2 Å². The molecule has 2 N–H and O–H groups in total.